The van der Waals surface area contributed by atoms with Crippen LogP contribution in [0.4, 0.5) is 4.39 Å². The Balaban J connectivity index is 1.67. The van der Waals surface area contributed by atoms with Gasteiger partial charge in [-0.25, -0.2) is 4.39 Å². The summed E-state index contributed by atoms with van der Waals surface area (Å²) in [6.07, 6.45) is 7.60. The minimum Gasteiger partial charge on any atom is -0.497 e. The largest absolute Gasteiger partial charge is 0.497 e. The van der Waals surface area contributed by atoms with Crippen LogP contribution in [0.1, 0.15) is 44.6 Å². The van der Waals surface area contributed by atoms with E-state index in [1.807, 2.05) is 36.4 Å². The van der Waals surface area contributed by atoms with Crippen molar-refractivity contribution in [3.8, 4) is 28.0 Å². The van der Waals surface area contributed by atoms with Gasteiger partial charge in [-0.1, -0.05) is 81.1 Å². The molecular weight excluding hydrogens is 347 g/mol. The van der Waals surface area contributed by atoms with Crippen LogP contribution < -0.4 is 4.74 Å². The van der Waals surface area contributed by atoms with E-state index in [1.54, 1.807) is 13.2 Å². The standard InChI is InChI=1S/C26H29FO/c1-3-4-5-6-7-8-20-9-11-21(12-10-20)23-15-18-25(26(27)19-23)22-13-16-24(28-2)17-14-22/h9-19H,3-8H2,1-2H3. The molecule has 0 fully saturated rings. The van der Waals surface area contributed by atoms with Crippen LogP contribution in [0.2, 0.25) is 0 Å². The number of methoxy groups -OCH3 is 1. The average Bonchev–Trinajstić information content (AvgIpc) is 2.74. The fourth-order valence-corrected chi connectivity index (χ4v) is 3.50. The smallest absolute Gasteiger partial charge is 0.131 e. The van der Waals surface area contributed by atoms with Gasteiger partial charge in [-0.15, -0.1) is 0 Å². The van der Waals surface area contributed by atoms with Gasteiger partial charge in [0.2, 0.25) is 0 Å². The maximum Gasteiger partial charge on any atom is 0.131 e. The van der Waals surface area contributed by atoms with Crippen LogP contribution in [0.15, 0.2) is 66.7 Å². The molecule has 0 N–H and O–H groups in total. The molecule has 0 bridgehead atoms. The maximum atomic E-state index is 14.7. The Bertz CT molecular complexity index is 866. The van der Waals surface area contributed by atoms with Gasteiger partial charge < -0.3 is 4.74 Å². The molecule has 2 heteroatoms. The molecule has 0 aliphatic heterocycles. The SMILES string of the molecule is CCCCCCCc1ccc(-c2ccc(-c3ccc(OC)cc3)c(F)c2)cc1. The van der Waals surface area contributed by atoms with Crippen LogP contribution in [-0.4, -0.2) is 7.11 Å². The summed E-state index contributed by atoms with van der Waals surface area (Å²) in [5, 5.41) is 0. The Morgan fingerprint density at radius 2 is 1.36 bits per heavy atom. The molecule has 0 radical (unpaired) electrons. The molecule has 3 rings (SSSR count). The average molecular weight is 377 g/mol. The second-order valence-corrected chi connectivity index (χ2v) is 7.28. The van der Waals surface area contributed by atoms with E-state index in [4.69, 9.17) is 4.74 Å². The molecule has 0 heterocycles. The molecule has 28 heavy (non-hydrogen) atoms. The first-order valence-corrected chi connectivity index (χ1v) is 10.2. The van der Waals surface area contributed by atoms with Gasteiger partial charge in [0.25, 0.3) is 0 Å². The highest BCUT2D eigenvalue weighted by molar-refractivity contribution is 5.71. The van der Waals surface area contributed by atoms with Gasteiger partial charge in [0.1, 0.15) is 11.6 Å². The summed E-state index contributed by atoms with van der Waals surface area (Å²) in [5.74, 6) is 0.564. The Morgan fingerprint density at radius 3 is 2.00 bits per heavy atom. The highest BCUT2D eigenvalue weighted by Gasteiger charge is 2.08. The van der Waals surface area contributed by atoms with Gasteiger partial charge in [0.05, 0.1) is 7.11 Å². The third-order valence-corrected chi connectivity index (χ3v) is 5.23. The zero-order valence-corrected chi connectivity index (χ0v) is 16.9. The van der Waals surface area contributed by atoms with E-state index in [0.717, 1.165) is 28.9 Å². The number of hydrogen-bond donors (Lipinski definition) is 0. The first-order chi connectivity index (χ1) is 13.7. The molecule has 0 atom stereocenters. The molecule has 0 spiro atoms. The van der Waals surface area contributed by atoms with Crippen molar-refractivity contribution in [3.05, 3.63) is 78.1 Å². The molecule has 3 aromatic carbocycles. The molecule has 3 aromatic rings. The zero-order valence-electron chi connectivity index (χ0n) is 16.9. The predicted molar refractivity (Wildman–Crippen MR) is 116 cm³/mol. The molecule has 0 aliphatic rings. The number of benzene rings is 3. The highest BCUT2D eigenvalue weighted by Crippen LogP contribution is 2.29. The number of aryl methyl sites for hydroxylation is 1. The molecule has 0 saturated carbocycles. The van der Waals surface area contributed by atoms with Crippen molar-refractivity contribution in [3.63, 3.8) is 0 Å². The van der Waals surface area contributed by atoms with Crippen LogP contribution in [0.25, 0.3) is 22.3 Å². The van der Waals surface area contributed by atoms with Gasteiger partial charge in [-0.3, -0.25) is 0 Å². The maximum absolute atomic E-state index is 14.7. The topological polar surface area (TPSA) is 9.23 Å². The molecule has 1 nitrogen and oxygen atoms in total. The monoisotopic (exact) mass is 376 g/mol. The van der Waals surface area contributed by atoms with Gasteiger partial charge in [-0.05, 0) is 53.3 Å². The van der Waals surface area contributed by atoms with Gasteiger partial charge in [0, 0.05) is 5.56 Å². The van der Waals surface area contributed by atoms with Crippen molar-refractivity contribution < 1.29 is 9.13 Å². The summed E-state index contributed by atoms with van der Waals surface area (Å²) in [4.78, 5) is 0. The van der Waals surface area contributed by atoms with E-state index in [2.05, 4.69) is 31.2 Å². The predicted octanol–water partition coefficient (Wildman–Crippen LogP) is 7.68. The van der Waals surface area contributed by atoms with E-state index in [9.17, 15) is 4.39 Å². The summed E-state index contributed by atoms with van der Waals surface area (Å²) in [6, 6.07) is 21.5. The Morgan fingerprint density at radius 1 is 0.714 bits per heavy atom. The third-order valence-electron chi connectivity index (χ3n) is 5.23. The van der Waals surface area contributed by atoms with Crippen LogP contribution in [0, 0.1) is 5.82 Å². The Hall–Kier alpha value is -2.61. The van der Waals surface area contributed by atoms with E-state index in [-0.39, 0.29) is 5.82 Å². The summed E-state index contributed by atoms with van der Waals surface area (Å²) in [7, 11) is 1.63. The number of ether oxygens (including phenoxy) is 1. The van der Waals surface area contributed by atoms with E-state index in [1.165, 1.54) is 37.7 Å². The molecule has 0 saturated heterocycles. The summed E-state index contributed by atoms with van der Waals surface area (Å²) in [5.41, 5.74) is 4.77. The number of halogens is 1. The normalized spacial score (nSPS) is 10.8. The Labute approximate surface area is 168 Å². The molecular formula is C26H29FO. The van der Waals surface area contributed by atoms with Gasteiger partial charge in [0.15, 0.2) is 0 Å². The molecule has 146 valence electrons. The minimum absolute atomic E-state index is 0.206. The van der Waals surface area contributed by atoms with Crippen LogP contribution >= 0.6 is 0 Å². The second-order valence-electron chi connectivity index (χ2n) is 7.28. The van der Waals surface area contributed by atoms with E-state index in [0.29, 0.717) is 5.56 Å². The van der Waals surface area contributed by atoms with Crippen LogP contribution in [0.3, 0.4) is 0 Å². The van der Waals surface area contributed by atoms with Crippen molar-refractivity contribution >= 4 is 0 Å². The summed E-state index contributed by atoms with van der Waals surface area (Å²) in [6.45, 7) is 2.24. The fraction of sp³-hybridized carbons (Fsp3) is 0.308. The van der Waals surface area contributed by atoms with Crippen molar-refractivity contribution in [2.45, 2.75) is 45.4 Å². The number of unbranched alkanes of at least 4 members (excludes halogenated alkanes) is 4. The lowest BCUT2D eigenvalue weighted by Gasteiger charge is -2.09. The van der Waals surface area contributed by atoms with Gasteiger partial charge >= 0.3 is 0 Å². The molecule has 0 amide bonds. The van der Waals surface area contributed by atoms with E-state index < -0.39 is 0 Å². The lowest BCUT2D eigenvalue weighted by molar-refractivity contribution is 0.415. The van der Waals surface area contributed by atoms with Crippen molar-refractivity contribution in [1.29, 1.82) is 0 Å². The minimum atomic E-state index is -0.206. The molecule has 0 aliphatic carbocycles. The van der Waals surface area contributed by atoms with E-state index >= 15 is 0 Å². The quantitative estimate of drug-likeness (QED) is 0.348. The second kappa shape index (κ2) is 10.1. The highest BCUT2D eigenvalue weighted by atomic mass is 19.1. The molecule has 0 unspecified atom stereocenters. The fourth-order valence-electron chi connectivity index (χ4n) is 3.50. The number of rotatable bonds is 9. The summed E-state index contributed by atoms with van der Waals surface area (Å²) < 4.78 is 19.9. The van der Waals surface area contributed by atoms with Crippen molar-refractivity contribution in [2.75, 3.05) is 7.11 Å². The van der Waals surface area contributed by atoms with Gasteiger partial charge in [-0.2, -0.15) is 0 Å². The molecule has 0 aromatic heterocycles. The Kier molecular flexibility index (Phi) is 7.25. The zero-order chi connectivity index (χ0) is 19.8. The lowest BCUT2D eigenvalue weighted by Crippen LogP contribution is -1.89. The lowest BCUT2D eigenvalue weighted by atomic mass is 9.98. The number of hydrogen-bond acceptors (Lipinski definition) is 1. The van der Waals surface area contributed by atoms with Crippen molar-refractivity contribution in [2.24, 2.45) is 0 Å². The van der Waals surface area contributed by atoms with Crippen molar-refractivity contribution in [1.82, 2.24) is 0 Å². The van der Waals surface area contributed by atoms with Crippen LogP contribution in [-0.2, 0) is 6.42 Å². The summed E-state index contributed by atoms with van der Waals surface area (Å²) >= 11 is 0. The van der Waals surface area contributed by atoms with Crippen LogP contribution in [0.5, 0.6) is 5.75 Å². The first kappa shape index (κ1) is 20.1. The third kappa shape index (κ3) is 5.22. The first-order valence-electron chi connectivity index (χ1n) is 10.2.